The molecule has 0 N–H and O–H groups in total. The molecule has 0 radical (unpaired) electrons. The summed E-state index contributed by atoms with van der Waals surface area (Å²) in [6.45, 7) is 6.02. The Labute approximate surface area is 89.8 Å². The van der Waals surface area contributed by atoms with Crippen LogP contribution in [0.25, 0.3) is 0 Å². The highest BCUT2D eigenvalue weighted by atomic mass is 28.3. The Morgan fingerprint density at radius 3 is 2.29 bits per heavy atom. The van der Waals surface area contributed by atoms with E-state index in [-0.39, 0.29) is 0 Å². The van der Waals surface area contributed by atoms with E-state index in [2.05, 4.69) is 13.1 Å². The van der Waals surface area contributed by atoms with Gasteiger partial charge in [0.05, 0.1) is 14.0 Å². The second kappa shape index (κ2) is 4.36. The van der Waals surface area contributed by atoms with Gasteiger partial charge in [-0.2, -0.15) is 0 Å². The van der Waals surface area contributed by atoms with E-state index in [1.165, 1.54) is 44.9 Å². The lowest BCUT2D eigenvalue weighted by Crippen LogP contribution is -2.52. The minimum Gasteiger partial charge on any atom is -0.379 e. The van der Waals surface area contributed by atoms with Crippen LogP contribution in [0.2, 0.25) is 13.1 Å². The van der Waals surface area contributed by atoms with Gasteiger partial charge in [-0.05, 0) is 38.0 Å². The zero-order chi connectivity index (χ0) is 10.0. The molecule has 2 rings (SSSR count). The number of hydrogen-bond acceptors (Lipinski definition) is 1. The van der Waals surface area contributed by atoms with Gasteiger partial charge < -0.3 is 4.74 Å². The molecule has 0 aromatic carbocycles. The fourth-order valence-electron chi connectivity index (χ4n) is 3.50. The Hall–Kier alpha value is 0.177. The van der Waals surface area contributed by atoms with Gasteiger partial charge in [0.15, 0.2) is 0 Å². The molecule has 1 unspecified atom stereocenters. The Balaban J connectivity index is 2.11. The van der Waals surface area contributed by atoms with Crippen LogP contribution in [0.1, 0.15) is 44.9 Å². The second-order valence-electron chi connectivity index (χ2n) is 5.40. The first-order valence-corrected chi connectivity index (χ1v) is 9.28. The molecule has 0 bridgehead atoms. The third-order valence-electron chi connectivity index (χ3n) is 4.36. The molecular formula is C12H24OSi. The zero-order valence-corrected chi connectivity index (χ0v) is 10.9. The van der Waals surface area contributed by atoms with Crippen LogP contribution in [-0.4, -0.2) is 20.6 Å². The molecule has 82 valence electrons. The molecule has 0 spiro atoms. The van der Waals surface area contributed by atoms with Gasteiger partial charge in [0.1, 0.15) is 0 Å². The van der Waals surface area contributed by atoms with Crippen LogP contribution < -0.4 is 0 Å². The fraction of sp³-hybridized carbons (Fsp3) is 1.00. The van der Waals surface area contributed by atoms with Crippen molar-refractivity contribution in [3.05, 3.63) is 0 Å². The highest BCUT2D eigenvalue weighted by Gasteiger charge is 2.44. The van der Waals surface area contributed by atoms with Crippen LogP contribution in [0.5, 0.6) is 0 Å². The maximum absolute atomic E-state index is 6.27. The van der Waals surface area contributed by atoms with Gasteiger partial charge in [-0.25, -0.2) is 0 Å². The maximum atomic E-state index is 6.27. The monoisotopic (exact) mass is 212 g/mol. The molecule has 0 amide bonds. The summed E-state index contributed by atoms with van der Waals surface area (Å²) in [6, 6.07) is 0. The zero-order valence-electron chi connectivity index (χ0n) is 9.72. The normalized spacial score (nSPS) is 35.4. The van der Waals surface area contributed by atoms with Crippen LogP contribution in [0.15, 0.2) is 0 Å². The predicted octanol–water partition coefficient (Wildman–Crippen LogP) is 3.14. The van der Waals surface area contributed by atoms with Gasteiger partial charge in [-0.3, -0.25) is 0 Å². The third kappa shape index (κ3) is 1.79. The molecule has 1 saturated carbocycles. The van der Waals surface area contributed by atoms with E-state index < -0.39 is 8.80 Å². The van der Waals surface area contributed by atoms with Gasteiger partial charge in [-0.1, -0.05) is 25.9 Å². The summed E-state index contributed by atoms with van der Waals surface area (Å²) in [5, 5.41) is 0.398. The average molecular weight is 212 g/mol. The van der Waals surface area contributed by atoms with Crippen molar-refractivity contribution in [1.29, 1.82) is 0 Å². The summed E-state index contributed by atoms with van der Waals surface area (Å²) in [7, 11) is -0.663. The summed E-state index contributed by atoms with van der Waals surface area (Å²) in [5.74, 6) is 0.925. The highest BCUT2D eigenvalue weighted by Crippen LogP contribution is 2.43. The molecule has 1 aliphatic heterocycles. The highest BCUT2D eigenvalue weighted by molar-refractivity contribution is 6.59. The van der Waals surface area contributed by atoms with Gasteiger partial charge in [0.25, 0.3) is 0 Å². The first-order chi connectivity index (χ1) is 6.76. The molecule has 1 atom stereocenters. The third-order valence-corrected chi connectivity index (χ3v) is 7.24. The molecule has 2 heteroatoms. The number of ether oxygens (including phenoxy) is 1. The Kier molecular flexibility index (Phi) is 3.33. The summed E-state index contributed by atoms with van der Waals surface area (Å²) in [6.07, 6.45) is 9.91. The van der Waals surface area contributed by atoms with E-state index in [0.717, 1.165) is 12.5 Å². The largest absolute Gasteiger partial charge is 0.379 e. The first kappa shape index (κ1) is 10.7. The molecule has 2 fully saturated rings. The number of hydrogen-bond donors (Lipinski definition) is 0. The Morgan fingerprint density at radius 1 is 1.07 bits per heavy atom. The summed E-state index contributed by atoms with van der Waals surface area (Å²) < 4.78 is 6.27. The molecule has 1 aliphatic carbocycles. The Morgan fingerprint density at radius 2 is 1.79 bits per heavy atom. The van der Waals surface area contributed by atoms with E-state index in [0.29, 0.717) is 5.22 Å². The minimum absolute atomic E-state index is 0.398. The quantitative estimate of drug-likeness (QED) is 0.639. The standard InChI is InChI=1S/C12H24OSi/c1-14(2)12(9-5-6-10-13-12)11-7-3-4-8-11/h11,14H,3-10H2,1-2H3. The molecule has 1 nitrogen and oxygen atoms in total. The molecular weight excluding hydrogens is 188 g/mol. The van der Waals surface area contributed by atoms with Crippen LogP contribution >= 0.6 is 0 Å². The Bertz CT molecular complexity index is 179. The van der Waals surface area contributed by atoms with Gasteiger partial charge in [-0.15, -0.1) is 0 Å². The predicted molar refractivity (Wildman–Crippen MR) is 63.4 cm³/mol. The second-order valence-corrected chi connectivity index (χ2v) is 8.68. The lowest BCUT2D eigenvalue weighted by atomic mass is 9.93. The van der Waals surface area contributed by atoms with Crippen molar-refractivity contribution in [1.82, 2.24) is 0 Å². The molecule has 1 heterocycles. The molecule has 0 aromatic rings. The summed E-state index contributed by atoms with van der Waals surface area (Å²) in [4.78, 5) is 0. The summed E-state index contributed by atoms with van der Waals surface area (Å²) >= 11 is 0. The van der Waals surface area contributed by atoms with E-state index >= 15 is 0 Å². The topological polar surface area (TPSA) is 9.23 Å². The van der Waals surface area contributed by atoms with E-state index in [9.17, 15) is 0 Å². The lowest BCUT2D eigenvalue weighted by molar-refractivity contribution is -0.0591. The van der Waals surface area contributed by atoms with Crippen molar-refractivity contribution in [3.8, 4) is 0 Å². The van der Waals surface area contributed by atoms with E-state index in [1.54, 1.807) is 0 Å². The van der Waals surface area contributed by atoms with Crippen molar-refractivity contribution in [2.45, 2.75) is 63.3 Å². The fourth-order valence-corrected chi connectivity index (χ4v) is 6.01. The van der Waals surface area contributed by atoms with Crippen molar-refractivity contribution < 1.29 is 4.74 Å². The van der Waals surface area contributed by atoms with Crippen LogP contribution in [0.3, 0.4) is 0 Å². The van der Waals surface area contributed by atoms with Crippen LogP contribution in [-0.2, 0) is 4.74 Å². The average Bonchev–Trinajstić information content (AvgIpc) is 2.72. The first-order valence-electron chi connectivity index (χ1n) is 6.39. The molecule has 1 saturated heterocycles. The van der Waals surface area contributed by atoms with Gasteiger partial charge >= 0.3 is 0 Å². The van der Waals surface area contributed by atoms with Crippen molar-refractivity contribution in [2.75, 3.05) is 6.61 Å². The van der Waals surface area contributed by atoms with E-state index in [1.807, 2.05) is 0 Å². The minimum atomic E-state index is -0.663. The SMILES string of the molecule is C[SiH](C)C1(C2CCCC2)CCCCO1. The van der Waals surface area contributed by atoms with Crippen molar-refractivity contribution >= 4 is 8.80 Å². The van der Waals surface area contributed by atoms with Gasteiger partial charge in [0.2, 0.25) is 0 Å². The van der Waals surface area contributed by atoms with Crippen LogP contribution in [0.4, 0.5) is 0 Å². The summed E-state index contributed by atoms with van der Waals surface area (Å²) in [5.41, 5.74) is 0. The van der Waals surface area contributed by atoms with Crippen molar-refractivity contribution in [2.24, 2.45) is 5.92 Å². The molecule has 2 aliphatic rings. The maximum Gasteiger partial charge on any atom is 0.0698 e. The van der Waals surface area contributed by atoms with Gasteiger partial charge in [0, 0.05) is 6.61 Å². The van der Waals surface area contributed by atoms with Crippen LogP contribution in [0, 0.1) is 5.92 Å². The van der Waals surface area contributed by atoms with E-state index in [4.69, 9.17) is 4.74 Å². The number of rotatable bonds is 2. The van der Waals surface area contributed by atoms with Crippen molar-refractivity contribution in [3.63, 3.8) is 0 Å². The smallest absolute Gasteiger partial charge is 0.0698 e. The molecule has 0 aromatic heterocycles. The molecule has 14 heavy (non-hydrogen) atoms. The lowest BCUT2D eigenvalue weighted by Gasteiger charge is -2.45.